The smallest absolute Gasteiger partial charge is 0.341 e. The van der Waals surface area contributed by atoms with Crippen LogP contribution in [-0.4, -0.2) is 24.2 Å². The summed E-state index contributed by atoms with van der Waals surface area (Å²) >= 11 is 3.32. The van der Waals surface area contributed by atoms with Crippen molar-refractivity contribution in [3.8, 4) is 0 Å². The summed E-state index contributed by atoms with van der Waals surface area (Å²) in [5.41, 5.74) is 2.94. The molecule has 0 saturated heterocycles. The fraction of sp³-hybridized carbons (Fsp3) is 0.478. The SMILES string of the molecule is CCOC(=O)c1c(NC(=O)CCCSc2ccc(C)cc2)sc2c1CCCCC2. The quantitative estimate of drug-likeness (QED) is 0.241. The standard InChI is InChI=1S/C23H29NO3S2/c1-3-27-23(26)21-18-8-5-4-6-9-19(18)29-22(21)24-20(25)10-7-15-28-17-13-11-16(2)12-14-17/h11-14H,3-10,15H2,1-2H3,(H,24,25). The van der Waals surface area contributed by atoms with E-state index in [2.05, 4.69) is 36.5 Å². The predicted molar refractivity (Wildman–Crippen MR) is 121 cm³/mol. The molecule has 0 fully saturated rings. The number of amides is 1. The molecule has 0 atom stereocenters. The van der Waals surface area contributed by atoms with Gasteiger partial charge in [-0.2, -0.15) is 0 Å². The molecule has 0 bridgehead atoms. The maximum atomic E-state index is 12.6. The van der Waals surface area contributed by atoms with E-state index in [-0.39, 0.29) is 11.9 Å². The van der Waals surface area contributed by atoms with Crippen molar-refractivity contribution < 1.29 is 14.3 Å². The van der Waals surface area contributed by atoms with Crippen molar-refractivity contribution in [2.75, 3.05) is 17.7 Å². The van der Waals surface area contributed by atoms with Crippen molar-refractivity contribution in [2.45, 2.75) is 63.7 Å². The predicted octanol–water partition coefficient (Wildman–Crippen LogP) is 6.01. The zero-order chi connectivity index (χ0) is 20.6. The number of ether oxygens (including phenoxy) is 1. The molecule has 0 radical (unpaired) electrons. The summed E-state index contributed by atoms with van der Waals surface area (Å²) in [6, 6.07) is 8.44. The number of esters is 1. The van der Waals surface area contributed by atoms with E-state index in [4.69, 9.17) is 4.74 Å². The lowest BCUT2D eigenvalue weighted by atomic mass is 10.1. The number of hydrogen-bond acceptors (Lipinski definition) is 5. The summed E-state index contributed by atoms with van der Waals surface area (Å²) in [4.78, 5) is 27.5. The maximum Gasteiger partial charge on any atom is 0.341 e. The summed E-state index contributed by atoms with van der Waals surface area (Å²) in [7, 11) is 0. The van der Waals surface area contributed by atoms with Gasteiger partial charge in [0.15, 0.2) is 0 Å². The van der Waals surface area contributed by atoms with E-state index in [0.29, 0.717) is 23.6 Å². The minimum absolute atomic E-state index is 0.0311. The molecule has 1 heterocycles. The topological polar surface area (TPSA) is 55.4 Å². The molecule has 1 aliphatic carbocycles. The van der Waals surface area contributed by atoms with Crippen LogP contribution in [0.1, 0.15) is 65.4 Å². The van der Waals surface area contributed by atoms with Crippen LogP contribution in [0, 0.1) is 6.92 Å². The van der Waals surface area contributed by atoms with Crippen LogP contribution in [0.3, 0.4) is 0 Å². The normalized spacial score (nSPS) is 13.4. The van der Waals surface area contributed by atoms with Crippen molar-refractivity contribution in [1.29, 1.82) is 0 Å². The minimum Gasteiger partial charge on any atom is -0.462 e. The third kappa shape index (κ3) is 6.09. The van der Waals surface area contributed by atoms with Gasteiger partial charge < -0.3 is 10.1 Å². The molecule has 0 saturated carbocycles. The number of thiophene rings is 1. The maximum absolute atomic E-state index is 12.6. The van der Waals surface area contributed by atoms with Crippen molar-refractivity contribution in [3.63, 3.8) is 0 Å². The Balaban J connectivity index is 1.58. The summed E-state index contributed by atoms with van der Waals surface area (Å²) in [6.07, 6.45) is 6.52. The molecule has 1 aromatic heterocycles. The molecule has 4 nitrogen and oxygen atoms in total. The van der Waals surface area contributed by atoms with E-state index >= 15 is 0 Å². The van der Waals surface area contributed by atoms with Gasteiger partial charge in [-0.1, -0.05) is 24.1 Å². The highest BCUT2D eigenvalue weighted by atomic mass is 32.2. The highest BCUT2D eigenvalue weighted by molar-refractivity contribution is 7.99. The summed E-state index contributed by atoms with van der Waals surface area (Å²) in [6.45, 7) is 4.23. The number of thioether (sulfide) groups is 1. The number of nitrogens with one attached hydrogen (secondary N) is 1. The Morgan fingerprint density at radius 2 is 1.90 bits per heavy atom. The van der Waals surface area contributed by atoms with E-state index in [1.807, 2.05) is 6.92 Å². The van der Waals surface area contributed by atoms with Crippen molar-refractivity contribution >= 4 is 40.0 Å². The Kier molecular flexibility index (Phi) is 8.19. The molecule has 1 aliphatic rings. The number of benzene rings is 1. The third-order valence-corrected chi connectivity index (χ3v) is 7.30. The first-order valence-electron chi connectivity index (χ1n) is 10.4. The van der Waals surface area contributed by atoms with Crippen LogP contribution in [0.15, 0.2) is 29.2 Å². The van der Waals surface area contributed by atoms with Crippen LogP contribution in [0.25, 0.3) is 0 Å². The van der Waals surface area contributed by atoms with Gasteiger partial charge >= 0.3 is 5.97 Å². The first-order chi connectivity index (χ1) is 14.1. The van der Waals surface area contributed by atoms with Gasteiger partial charge in [0.05, 0.1) is 12.2 Å². The molecule has 3 rings (SSSR count). The molecular formula is C23H29NO3S2. The minimum atomic E-state index is -0.308. The van der Waals surface area contributed by atoms with Gasteiger partial charge in [-0.25, -0.2) is 4.79 Å². The van der Waals surface area contributed by atoms with Crippen LogP contribution in [0.4, 0.5) is 5.00 Å². The second kappa shape index (κ2) is 10.8. The van der Waals surface area contributed by atoms with Gasteiger partial charge in [-0.3, -0.25) is 4.79 Å². The molecule has 1 N–H and O–H groups in total. The molecule has 156 valence electrons. The van der Waals surface area contributed by atoms with Crippen LogP contribution in [0.5, 0.6) is 0 Å². The third-order valence-electron chi connectivity index (χ3n) is 4.99. The van der Waals surface area contributed by atoms with E-state index in [1.54, 1.807) is 23.1 Å². The first kappa shape index (κ1) is 21.9. The zero-order valence-electron chi connectivity index (χ0n) is 17.2. The molecule has 1 amide bonds. The number of rotatable bonds is 8. The van der Waals surface area contributed by atoms with Crippen LogP contribution < -0.4 is 5.32 Å². The molecule has 29 heavy (non-hydrogen) atoms. The Morgan fingerprint density at radius 3 is 2.66 bits per heavy atom. The number of anilines is 1. The lowest BCUT2D eigenvalue weighted by Gasteiger charge is -2.08. The number of fused-ring (bicyclic) bond motifs is 1. The zero-order valence-corrected chi connectivity index (χ0v) is 18.8. The molecule has 6 heteroatoms. The monoisotopic (exact) mass is 431 g/mol. The Hall–Kier alpha value is -1.79. The van der Waals surface area contributed by atoms with Gasteiger partial charge in [0, 0.05) is 16.2 Å². The Bertz CT molecular complexity index is 843. The molecule has 0 spiro atoms. The first-order valence-corrected chi connectivity index (χ1v) is 12.2. The Labute approximate surface area is 181 Å². The number of carbonyl (C=O) groups excluding carboxylic acids is 2. The highest BCUT2D eigenvalue weighted by Crippen LogP contribution is 2.38. The fourth-order valence-electron chi connectivity index (χ4n) is 3.50. The van der Waals surface area contributed by atoms with Crippen LogP contribution >= 0.6 is 23.1 Å². The van der Waals surface area contributed by atoms with Gasteiger partial charge in [-0.15, -0.1) is 23.1 Å². The average Bonchev–Trinajstić information content (AvgIpc) is 2.87. The van der Waals surface area contributed by atoms with E-state index in [1.165, 1.54) is 21.8 Å². The lowest BCUT2D eigenvalue weighted by molar-refractivity contribution is -0.116. The second-order valence-corrected chi connectivity index (χ2v) is 9.58. The summed E-state index contributed by atoms with van der Waals surface area (Å²) < 4.78 is 5.28. The second-order valence-electron chi connectivity index (χ2n) is 7.30. The average molecular weight is 432 g/mol. The van der Waals surface area contributed by atoms with E-state index < -0.39 is 0 Å². The van der Waals surface area contributed by atoms with Gasteiger partial charge in [-0.05, 0) is 69.4 Å². The van der Waals surface area contributed by atoms with E-state index in [0.717, 1.165) is 43.4 Å². The highest BCUT2D eigenvalue weighted by Gasteiger charge is 2.26. The van der Waals surface area contributed by atoms with Gasteiger partial charge in [0.2, 0.25) is 5.91 Å². The summed E-state index contributed by atoms with van der Waals surface area (Å²) in [5, 5.41) is 3.68. The largest absolute Gasteiger partial charge is 0.462 e. The molecule has 0 unspecified atom stereocenters. The molecule has 1 aromatic carbocycles. The Morgan fingerprint density at radius 1 is 1.14 bits per heavy atom. The summed E-state index contributed by atoms with van der Waals surface area (Å²) in [5.74, 6) is 0.552. The number of hydrogen-bond donors (Lipinski definition) is 1. The van der Waals surface area contributed by atoms with Crippen molar-refractivity contribution in [2.24, 2.45) is 0 Å². The van der Waals surface area contributed by atoms with Crippen molar-refractivity contribution in [1.82, 2.24) is 0 Å². The van der Waals surface area contributed by atoms with Crippen LogP contribution in [0.2, 0.25) is 0 Å². The van der Waals surface area contributed by atoms with Gasteiger partial charge in [0.25, 0.3) is 0 Å². The molecular weight excluding hydrogens is 402 g/mol. The van der Waals surface area contributed by atoms with Crippen molar-refractivity contribution in [3.05, 3.63) is 45.8 Å². The van der Waals surface area contributed by atoms with E-state index in [9.17, 15) is 9.59 Å². The number of carbonyl (C=O) groups is 2. The number of aryl methyl sites for hydroxylation is 2. The molecule has 2 aromatic rings. The van der Waals surface area contributed by atoms with Crippen LogP contribution in [-0.2, 0) is 22.4 Å². The molecule has 0 aliphatic heterocycles. The van der Waals surface area contributed by atoms with Gasteiger partial charge in [0.1, 0.15) is 5.00 Å². The fourth-order valence-corrected chi connectivity index (χ4v) is 5.64. The lowest BCUT2D eigenvalue weighted by Crippen LogP contribution is -2.15.